The van der Waals surface area contributed by atoms with E-state index in [2.05, 4.69) is 14.8 Å². The highest BCUT2D eigenvalue weighted by Gasteiger charge is 2.34. The van der Waals surface area contributed by atoms with Crippen molar-refractivity contribution in [1.82, 2.24) is 14.8 Å². The van der Waals surface area contributed by atoms with Gasteiger partial charge in [-0.2, -0.15) is 27.1 Å². The first-order chi connectivity index (χ1) is 18.9. The molecule has 0 saturated heterocycles. The summed E-state index contributed by atoms with van der Waals surface area (Å²) in [7, 11) is 0. The molecule has 0 saturated carbocycles. The minimum absolute atomic E-state index is 0.0348. The molecule has 2 heterocycles. The second-order valence-corrected chi connectivity index (χ2v) is 8.80. The highest BCUT2D eigenvalue weighted by atomic mass is 19.4. The third kappa shape index (κ3) is 5.29. The number of alkyl halides is 5. The summed E-state index contributed by atoms with van der Waals surface area (Å²) >= 11 is 0. The van der Waals surface area contributed by atoms with Crippen LogP contribution in [-0.2, 0) is 6.18 Å². The van der Waals surface area contributed by atoms with Crippen molar-refractivity contribution < 1.29 is 39.9 Å². The van der Waals surface area contributed by atoms with E-state index >= 15 is 0 Å². The molecular formula is C28H18F7N3O2. The largest absolute Gasteiger partial charge is 0.440 e. The molecule has 0 atom stereocenters. The Morgan fingerprint density at radius 2 is 1.57 bits per heavy atom. The van der Waals surface area contributed by atoms with Crippen LogP contribution in [0, 0.1) is 25.5 Å². The van der Waals surface area contributed by atoms with E-state index in [1.165, 1.54) is 13.0 Å². The zero-order valence-corrected chi connectivity index (χ0v) is 20.7. The fraction of sp³-hybridized carbons (Fsp3) is 0.143. The van der Waals surface area contributed by atoms with Gasteiger partial charge in [-0.15, -0.1) is 0 Å². The molecule has 5 aromatic rings. The number of hydrogen-bond acceptors (Lipinski definition) is 4. The van der Waals surface area contributed by atoms with Crippen molar-refractivity contribution in [2.45, 2.75) is 26.6 Å². The van der Waals surface area contributed by atoms with Crippen LogP contribution in [-0.4, -0.2) is 21.4 Å². The Hall–Kier alpha value is -4.61. The molecule has 0 radical (unpaired) electrons. The Morgan fingerprint density at radius 1 is 0.875 bits per heavy atom. The third-order valence-corrected chi connectivity index (χ3v) is 5.93. The van der Waals surface area contributed by atoms with Crippen LogP contribution in [0.25, 0.3) is 39.4 Å². The molecule has 40 heavy (non-hydrogen) atoms. The predicted molar refractivity (Wildman–Crippen MR) is 131 cm³/mol. The van der Waals surface area contributed by atoms with E-state index in [1.54, 1.807) is 12.1 Å². The summed E-state index contributed by atoms with van der Waals surface area (Å²) in [4.78, 5) is 4.23. The fourth-order valence-electron chi connectivity index (χ4n) is 4.23. The fourth-order valence-corrected chi connectivity index (χ4v) is 4.23. The van der Waals surface area contributed by atoms with Gasteiger partial charge in [0, 0.05) is 24.2 Å². The van der Waals surface area contributed by atoms with Crippen LogP contribution < -0.4 is 4.74 Å². The van der Waals surface area contributed by atoms with Gasteiger partial charge in [-0.1, -0.05) is 35.9 Å². The number of nitrogens with zero attached hydrogens (tertiary/aromatic N) is 3. The lowest BCUT2D eigenvalue weighted by atomic mass is 9.97. The minimum atomic E-state index is -4.70. The van der Waals surface area contributed by atoms with Crippen LogP contribution in [0.4, 0.5) is 30.7 Å². The summed E-state index contributed by atoms with van der Waals surface area (Å²) in [5.74, 6) is -4.04. The van der Waals surface area contributed by atoms with Gasteiger partial charge in [0.2, 0.25) is 0 Å². The van der Waals surface area contributed by atoms with Gasteiger partial charge in [0.25, 0.3) is 0 Å². The molecule has 0 aliphatic carbocycles. The third-order valence-electron chi connectivity index (χ3n) is 5.93. The van der Waals surface area contributed by atoms with Crippen molar-refractivity contribution in [3.8, 4) is 45.1 Å². The van der Waals surface area contributed by atoms with Crippen LogP contribution in [0.5, 0.6) is 5.75 Å². The molecule has 0 bridgehead atoms. The highest BCUT2D eigenvalue weighted by molar-refractivity contribution is 5.85. The maximum atomic E-state index is 14.6. The Bertz CT molecular complexity index is 1680. The lowest BCUT2D eigenvalue weighted by Gasteiger charge is -2.13. The maximum absolute atomic E-state index is 14.6. The quantitative estimate of drug-likeness (QED) is 0.196. The number of aryl methyl sites for hydroxylation is 2. The monoisotopic (exact) mass is 561 g/mol. The molecule has 0 fully saturated rings. The predicted octanol–water partition coefficient (Wildman–Crippen LogP) is 8.38. The van der Waals surface area contributed by atoms with Gasteiger partial charge in [-0.05, 0) is 48.4 Å². The topological polar surface area (TPSA) is 53.1 Å². The number of oxazole rings is 1. The van der Waals surface area contributed by atoms with Crippen LogP contribution >= 0.6 is 0 Å². The van der Waals surface area contributed by atoms with E-state index in [0.29, 0.717) is 5.56 Å². The summed E-state index contributed by atoms with van der Waals surface area (Å²) in [6.45, 7) is -0.0977. The summed E-state index contributed by atoms with van der Waals surface area (Å²) in [6.07, 6.45) is -3.58. The van der Waals surface area contributed by atoms with Crippen LogP contribution in [0.3, 0.4) is 0 Å². The Kier molecular flexibility index (Phi) is 6.86. The van der Waals surface area contributed by atoms with E-state index in [4.69, 9.17) is 4.42 Å². The number of ether oxygens (including phenoxy) is 1. The van der Waals surface area contributed by atoms with Crippen molar-refractivity contribution in [3.05, 3.63) is 95.6 Å². The Morgan fingerprint density at radius 3 is 2.20 bits per heavy atom. The van der Waals surface area contributed by atoms with E-state index in [0.717, 1.165) is 40.2 Å². The molecule has 2 aromatic heterocycles. The van der Waals surface area contributed by atoms with Crippen LogP contribution in [0.15, 0.2) is 71.3 Å². The molecule has 12 heteroatoms. The van der Waals surface area contributed by atoms with Gasteiger partial charge in [0.05, 0.1) is 5.69 Å². The van der Waals surface area contributed by atoms with E-state index in [9.17, 15) is 30.7 Å². The molecule has 0 aliphatic rings. The zero-order chi connectivity index (χ0) is 28.8. The first kappa shape index (κ1) is 27.0. The Labute approximate surface area is 222 Å². The number of halogens is 7. The first-order valence-electron chi connectivity index (χ1n) is 11.7. The molecule has 0 N–H and O–H groups in total. The standard InChI is InChI=1S/C28H18F7N3O2/c1-14-4-3-5-16(10-14)17-6-7-22(38-9-8-23(37-38)28(33,34)35)19(11-17)25-24(36-15(2)39-25)18-12-20(29)26(21(30)13-18)40-27(31)32/h3-13,27H,1-2H3. The molecule has 206 valence electrons. The zero-order valence-electron chi connectivity index (χ0n) is 20.7. The average molecular weight is 561 g/mol. The number of rotatable bonds is 6. The second kappa shape index (κ2) is 10.2. The number of aromatic nitrogens is 3. The first-order valence-corrected chi connectivity index (χ1v) is 11.7. The van der Waals surface area contributed by atoms with Crippen molar-refractivity contribution in [3.63, 3.8) is 0 Å². The minimum Gasteiger partial charge on any atom is -0.440 e. The maximum Gasteiger partial charge on any atom is 0.435 e. The van der Waals surface area contributed by atoms with Crippen molar-refractivity contribution >= 4 is 0 Å². The van der Waals surface area contributed by atoms with Crippen LogP contribution in [0.1, 0.15) is 17.1 Å². The van der Waals surface area contributed by atoms with Gasteiger partial charge in [0.1, 0.15) is 5.69 Å². The van der Waals surface area contributed by atoms with Gasteiger partial charge in [-0.3, -0.25) is 0 Å². The summed E-state index contributed by atoms with van der Waals surface area (Å²) in [6, 6.07) is 14.6. The SMILES string of the molecule is Cc1cccc(-c2ccc(-n3ccc(C(F)(F)F)n3)c(-c3oc(C)nc3-c3cc(F)c(OC(F)F)c(F)c3)c2)c1. The molecule has 3 aromatic carbocycles. The van der Waals surface area contributed by atoms with Crippen molar-refractivity contribution in [2.24, 2.45) is 0 Å². The lowest BCUT2D eigenvalue weighted by Crippen LogP contribution is -2.07. The molecule has 0 spiro atoms. The van der Waals surface area contributed by atoms with Crippen LogP contribution in [0.2, 0.25) is 0 Å². The van der Waals surface area contributed by atoms with Gasteiger partial charge >= 0.3 is 12.8 Å². The Balaban J connectivity index is 1.72. The van der Waals surface area contributed by atoms with E-state index in [-0.39, 0.29) is 34.2 Å². The molecule has 5 rings (SSSR count). The smallest absolute Gasteiger partial charge is 0.435 e. The molecule has 0 amide bonds. The number of benzene rings is 3. The van der Waals surface area contributed by atoms with Gasteiger partial charge < -0.3 is 9.15 Å². The number of hydrogen-bond donors (Lipinski definition) is 0. The highest BCUT2D eigenvalue weighted by Crippen LogP contribution is 2.40. The van der Waals surface area contributed by atoms with E-state index in [1.807, 2.05) is 31.2 Å². The average Bonchev–Trinajstić information content (AvgIpc) is 3.53. The lowest BCUT2D eigenvalue weighted by molar-refractivity contribution is -0.141. The van der Waals surface area contributed by atoms with Crippen molar-refractivity contribution in [2.75, 3.05) is 0 Å². The molecular weight excluding hydrogens is 543 g/mol. The normalized spacial score (nSPS) is 11.8. The molecule has 5 nitrogen and oxygen atoms in total. The molecule has 0 aliphatic heterocycles. The van der Waals surface area contributed by atoms with Gasteiger partial charge in [-0.25, -0.2) is 18.4 Å². The summed E-state index contributed by atoms with van der Waals surface area (Å²) < 4.78 is 105. The van der Waals surface area contributed by atoms with Crippen molar-refractivity contribution in [1.29, 1.82) is 0 Å². The van der Waals surface area contributed by atoms with E-state index < -0.39 is 35.9 Å². The molecule has 0 unspecified atom stereocenters. The summed E-state index contributed by atoms with van der Waals surface area (Å²) in [5, 5.41) is 3.65. The summed E-state index contributed by atoms with van der Waals surface area (Å²) in [5.41, 5.74) is 1.38. The van der Waals surface area contributed by atoms with Gasteiger partial charge in [0.15, 0.2) is 34.7 Å². The second-order valence-electron chi connectivity index (χ2n) is 8.80.